The van der Waals surface area contributed by atoms with Gasteiger partial charge in [-0.05, 0) is 111 Å². The lowest BCUT2D eigenvalue weighted by atomic mass is 10.1. The lowest BCUT2D eigenvalue weighted by Gasteiger charge is -2.13. The number of carbonyl (C=O) groups excluding carboxylic acids is 1. The smallest absolute Gasteiger partial charge is 0.293 e. The SMILES string of the molecule is Cc1cc(C)c2oc(-c3cccc(NC(=S)NC(=O)c4ccc(-c5ccc(C)c(C)c5)o4)c3C)nc2c1. The molecular weight excluding hydrogens is 482 g/mol. The largest absolute Gasteiger partial charge is 0.451 e. The van der Waals surface area contributed by atoms with Crippen LogP contribution in [0.1, 0.15) is 38.4 Å². The molecule has 6 nitrogen and oxygen atoms in total. The van der Waals surface area contributed by atoms with E-state index in [0.717, 1.165) is 50.2 Å². The zero-order valence-electron chi connectivity index (χ0n) is 21.4. The number of carbonyl (C=O) groups is 1. The number of furan rings is 1. The van der Waals surface area contributed by atoms with Crippen LogP contribution in [0.4, 0.5) is 5.69 Å². The van der Waals surface area contributed by atoms with E-state index in [4.69, 9.17) is 26.0 Å². The maximum atomic E-state index is 12.8. The van der Waals surface area contributed by atoms with Crippen LogP contribution in [0.2, 0.25) is 0 Å². The number of fused-ring (bicyclic) bond motifs is 1. The van der Waals surface area contributed by atoms with Crippen LogP contribution in [0.3, 0.4) is 0 Å². The predicted molar refractivity (Wildman–Crippen MR) is 151 cm³/mol. The molecule has 2 N–H and O–H groups in total. The third-order valence-electron chi connectivity index (χ3n) is 6.48. The summed E-state index contributed by atoms with van der Waals surface area (Å²) in [6, 6.07) is 19.3. The summed E-state index contributed by atoms with van der Waals surface area (Å²) >= 11 is 5.42. The summed E-state index contributed by atoms with van der Waals surface area (Å²) in [5.41, 5.74) is 9.54. The maximum Gasteiger partial charge on any atom is 0.293 e. The number of benzene rings is 3. The number of aromatic nitrogens is 1. The highest BCUT2D eigenvalue weighted by atomic mass is 32.1. The van der Waals surface area contributed by atoms with Crippen molar-refractivity contribution in [2.75, 3.05) is 5.32 Å². The maximum absolute atomic E-state index is 12.8. The van der Waals surface area contributed by atoms with Crippen LogP contribution in [0.5, 0.6) is 0 Å². The molecule has 186 valence electrons. The van der Waals surface area contributed by atoms with E-state index < -0.39 is 5.91 Å². The predicted octanol–water partition coefficient (Wildman–Crippen LogP) is 7.42. The Hall–Kier alpha value is -4.23. The zero-order valence-corrected chi connectivity index (χ0v) is 22.2. The first kappa shape index (κ1) is 24.5. The summed E-state index contributed by atoms with van der Waals surface area (Å²) in [5, 5.41) is 5.98. The highest BCUT2D eigenvalue weighted by Gasteiger charge is 2.17. The Bertz CT molecular complexity index is 1680. The van der Waals surface area contributed by atoms with Gasteiger partial charge in [0.1, 0.15) is 11.3 Å². The van der Waals surface area contributed by atoms with Crippen molar-refractivity contribution in [3.8, 4) is 22.8 Å². The molecule has 7 heteroatoms. The van der Waals surface area contributed by atoms with Gasteiger partial charge in [0.25, 0.3) is 5.91 Å². The monoisotopic (exact) mass is 509 g/mol. The van der Waals surface area contributed by atoms with Gasteiger partial charge in [0.2, 0.25) is 5.89 Å². The van der Waals surface area contributed by atoms with Crippen molar-refractivity contribution in [1.29, 1.82) is 0 Å². The van der Waals surface area contributed by atoms with Crippen molar-refractivity contribution in [2.24, 2.45) is 0 Å². The van der Waals surface area contributed by atoms with Crippen LogP contribution in [0.15, 0.2) is 69.5 Å². The first-order valence-electron chi connectivity index (χ1n) is 12.0. The molecule has 3 aromatic carbocycles. The fraction of sp³-hybridized carbons (Fsp3) is 0.167. The van der Waals surface area contributed by atoms with Crippen molar-refractivity contribution in [1.82, 2.24) is 10.3 Å². The molecule has 2 aromatic heterocycles. The zero-order chi connectivity index (χ0) is 26.3. The second-order valence-corrected chi connectivity index (χ2v) is 9.71. The van der Waals surface area contributed by atoms with Crippen molar-refractivity contribution < 1.29 is 13.6 Å². The lowest BCUT2D eigenvalue weighted by molar-refractivity contribution is 0.0951. The van der Waals surface area contributed by atoms with Crippen LogP contribution in [0, 0.1) is 34.6 Å². The molecule has 0 aliphatic carbocycles. The highest BCUT2D eigenvalue weighted by Crippen LogP contribution is 2.32. The molecule has 5 rings (SSSR count). The molecule has 5 aromatic rings. The van der Waals surface area contributed by atoms with E-state index in [1.807, 2.05) is 70.2 Å². The Morgan fingerprint density at radius 2 is 1.68 bits per heavy atom. The Morgan fingerprint density at radius 3 is 2.46 bits per heavy atom. The van der Waals surface area contributed by atoms with Gasteiger partial charge in [-0.3, -0.25) is 10.1 Å². The highest BCUT2D eigenvalue weighted by molar-refractivity contribution is 7.80. The fourth-order valence-electron chi connectivity index (χ4n) is 4.32. The summed E-state index contributed by atoms with van der Waals surface area (Å²) in [7, 11) is 0. The minimum atomic E-state index is -0.425. The van der Waals surface area contributed by atoms with Crippen LogP contribution in [0.25, 0.3) is 33.9 Å². The van der Waals surface area contributed by atoms with Gasteiger partial charge in [0.15, 0.2) is 16.5 Å². The molecule has 0 aliphatic heterocycles. The van der Waals surface area contributed by atoms with Gasteiger partial charge in [-0.15, -0.1) is 0 Å². The van der Waals surface area contributed by atoms with E-state index in [-0.39, 0.29) is 10.9 Å². The molecule has 0 radical (unpaired) electrons. The number of amides is 1. The molecule has 37 heavy (non-hydrogen) atoms. The topological polar surface area (TPSA) is 80.3 Å². The standard InChI is InChI=1S/C30H27N3O3S/c1-16-13-19(4)27-24(14-16)31-29(36-27)22-7-6-8-23(20(22)5)32-30(37)33-28(34)26-12-11-25(35-26)21-10-9-17(2)18(3)15-21/h6-15H,1-5H3,(H2,32,33,34,37). The van der Waals surface area contributed by atoms with Crippen LogP contribution >= 0.6 is 12.2 Å². The summed E-state index contributed by atoms with van der Waals surface area (Å²) in [6.45, 7) is 10.1. The first-order valence-corrected chi connectivity index (χ1v) is 12.4. The first-order chi connectivity index (χ1) is 17.7. The number of oxazole rings is 1. The van der Waals surface area contributed by atoms with E-state index in [1.54, 1.807) is 12.1 Å². The summed E-state index contributed by atoms with van der Waals surface area (Å²) < 4.78 is 11.9. The van der Waals surface area contributed by atoms with E-state index in [1.165, 1.54) is 5.56 Å². The molecular formula is C30H27N3O3S. The van der Waals surface area contributed by atoms with Crippen LogP contribution in [-0.2, 0) is 0 Å². The van der Waals surface area contributed by atoms with E-state index in [9.17, 15) is 4.79 Å². The normalized spacial score (nSPS) is 11.1. The Balaban J connectivity index is 1.31. The molecule has 0 unspecified atom stereocenters. The van der Waals surface area contributed by atoms with Crippen LogP contribution in [-0.4, -0.2) is 16.0 Å². The molecule has 0 saturated heterocycles. The second kappa shape index (κ2) is 9.67. The number of aryl methyl sites for hydroxylation is 4. The fourth-order valence-corrected chi connectivity index (χ4v) is 4.53. The molecule has 0 spiro atoms. The molecule has 0 bridgehead atoms. The average molecular weight is 510 g/mol. The third-order valence-corrected chi connectivity index (χ3v) is 6.68. The van der Waals surface area contributed by atoms with E-state index >= 15 is 0 Å². The number of anilines is 1. The summed E-state index contributed by atoms with van der Waals surface area (Å²) in [6.07, 6.45) is 0. The van der Waals surface area contributed by atoms with Crippen molar-refractivity contribution >= 4 is 40.0 Å². The van der Waals surface area contributed by atoms with Gasteiger partial charge in [-0.2, -0.15) is 0 Å². The summed E-state index contributed by atoms with van der Waals surface area (Å²) in [5.74, 6) is 0.917. The number of nitrogens with zero attached hydrogens (tertiary/aromatic N) is 1. The van der Waals surface area contributed by atoms with E-state index in [0.29, 0.717) is 11.7 Å². The second-order valence-electron chi connectivity index (χ2n) is 9.30. The number of rotatable bonds is 4. The molecule has 2 heterocycles. The van der Waals surface area contributed by atoms with Crippen molar-refractivity contribution in [3.05, 3.63) is 94.2 Å². The van der Waals surface area contributed by atoms with Crippen molar-refractivity contribution in [2.45, 2.75) is 34.6 Å². The Kier molecular flexibility index (Phi) is 6.39. The number of hydrogen-bond acceptors (Lipinski definition) is 5. The molecule has 0 atom stereocenters. The third kappa shape index (κ3) is 4.90. The van der Waals surface area contributed by atoms with Gasteiger partial charge in [-0.25, -0.2) is 4.98 Å². The molecule has 0 saturated carbocycles. The Morgan fingerprint density at radius 1 is 0.865 bits per heavy atom. The molecule has 0 fully saturated rings. The van der Waals surface area contributed by atoms with Gasteiger partial charge >= 0.3 is 0 Å². The molecule has 1 amide bonds. The average Bonchev–Trinajstić information content (AvgIpc) is 3.50. The quantitative estimate of drug-likeness (QED) is 0.245. The number of hydrogen-bond donors (Lipinski definition) is 2. The Labute approximate surface area is 220 Å². The molecule has 0 aliphatic rings. The minimum absolute atomic E-state index is 0.165. The lowest BCUT2D eigenvalue weighted by Crippen LogP contribution is -2.34. The summed E-state index contributed by atoms with van der Waals surface area (Å²) in [4.78, 5) is 17.5. The van der Waals surface area contributed by atoms with Gasteiger partial charge in [0, 0.05) is 16.8 Å². The van der Waals surface area contributed by atoms with Crippen LogP contribution < -0.4 is 10.6 Å². The van der Waals surface area contributed by atoms with Gasteiger partial charge < -0.3 is 14.2 Å². The minimum Gasteiger partial charge on any atom is -0.451 e. The van der Waals surface area contributed by atoms with Gasteiger partial charge in [-0.1, -0.05) is 24.3 Å². The number of thiocarbonyl (C=S) groups is 1. The van der Waals surface area contributed by atoms with Gasteiger partial charge in [0.05, 0.1) is 0 Å². The van der Waals surface area contributed by atoms with E-state index in [2.05, 4.69) is 23.6 Å². The number of nitrogens with one attached hydrogen (secondary N) is 2. The van der Waals surface area contributed by atoms with Crippen molar-refractivity contribution in [3.63, 3.8) is 0 Å².